The fraction of sp³-hybridized carbons (Fsp3) is 0.250. The van der Waals surface area contributed by atoms with Gasteiger partial charge in [0, 0.05) is 20.5 Å². The second-order valence-corrected chi connectivity index (χ2v) is 7.21. The number of benzene rings is 2. The molecule has 0 spiro atoms. The van der Waals surface area contributed by atoms with Crippen LogP contribution in [0.5, 0.6) is 5.75 Å². The molecular weight excluding hydrogens is 448 g/mol. The first-order chi connectivity index (χ1) is 10.0. The predicted octanol–water partition coefficient (Wildman–Crippen LogP) is 4.37. The van der Waals surface area contributed by atoms with Crippen molar-refractivity contribution >= 4 is 38.5 Å². The summed E-state index contributed by atoms with van der Waals surface area (Å²) in [7, 11) is 0. The Labute approximate surface area is 145 Å². The van der Waals surface area contributed by atoms with Gasteiger partial charge in [0.25, 0.3) is 0 Å². The van der Waals surface area contributed by atoms with E-state index in [2.05, 4.69) is 50.7 Å². The normalized spacial score (nSPS) is 14.7. The molecule has 5 heteroatoms. The molecule has 1 aliphatic rings. The summed E-state index contributed by atoms with van der Waals surface area (Å²) in [5.41, 5.74) is 9.61. The Morgan fingerprint density at radius 1 is 1.33 bits per heavy atom. The third-order valence-corrected chi connectivity index (χ3v) is 5.02. The molecular formula is C16H14BrFINO. The molecule has 2 aromatic rings. The zero-order chi connectivity index (χ0) is 15.0. The Balaban J connectivity index is 1.90. The van der Waals surface area contributed by atoms with E-state index >= 15 is 0 Å². The summed E-state index contributed by atoms with van der Waals surface area (Å²) in [5, 5.41) is 0. The summed E-state index contributed by atoms with van der Waals surface area (Å²) in [4.78, 5) is 0. The van der Waals surface area contributed by atoms with Crippen molar-refractivity contribution in [3.8, 4) is 5.75 Å². The highest BCUT2D eigenvalue weighted by molar-refractivity contribution is 14.1. The van der Waals surface area contributed by atoms with Crippen molar-refractivity contribution in [3.63, 3.8) is 0 Å². The van der Waals surface area contributed by atoms with E-state index in [-0.39, 0.29) is 11.9 Å². The van der Waals surface area contributed by atoms with Crippen LogP contribution in [0.4, 0.5) is 4.39 Å². The highest BCUT2D eigenvalue weighted by Gasteiger charge is 2.20. The molecule has 0 aliphatic carbocycles. The minimum Gasteiger partial charge on any atom is -0.493 e. The maximum absolute atomic E-state index is 13.2. The molecule has 0 amide bonds. The van der Waals surface area contributed by atoms with Crippen LogP contribution in [0.2, 0.25) is 0 Å². The minimum absolute atomic E-state index is 0.180. The van der Waals surface area contributed by atoms with Gasteiger partial charge in [-0.1, -0.05) is 22.0 Å². The van der Waals surface area contributed by atoms with Gasteiger partial charge in [-0.05, 0) is 70.0 Å². The lowest BCUT2D eigenvalue weighted by Crippen LogP contribution is -2.15. The molecule has 1 atom stereocenters. The molecule has 1 heterocycles. The van der Waals surface area contributed by atoms with Crippen LogP contribution in [0.1, 0.15) is 22.7 Å². The van der Waals surface area contributed by atoms with E-state index in [1.54, 1.807) is 6.07 Å². The van der Waals surface area contributed by atoms with Crippen molar-refractivity contribution in [3.05, 3.63) is 60.9 Å². The maximum atomic E-state index is 13.2. The first-order valence-corrected chi connectivity index (χ1v) is 8.56. The van der Waals surface area contributed by atoms with Crippen LogP contribution in [0.3, 0.4) is 0 Å². The molecule has 2 N–H and O–H groups in total. The fourth-order valence-electron chi connectivity index (χ4n) is 2.65. The van der Waals surface area contributed by atoms with E-state index < -0.39 is 0 Å². The van der Waals surface area contributed by atoms with Gasteiger partial charge in [-0.3, -0.25) is 0 Å². The topological polar surface area (TPSA) is 35.2 Å². The lowest BCUT2D eigenvalue weighted by atomic mass is 9.97. The highest BCUT2D eigenvalue weighted by Crippen LogP contribution is 2.35. The third kappa shape index (κ3) is 3.24. The average molecular weight is 462 g/mol. The van der Waals surface area contributed by atoms with Crippen molar-refractivity contribution in [1.29, 1.82) is 0 Å². The third-order valence-electron chi connectivity index (χ3n) is 3.63. The maximum Gasteiger partial charge on any atom is 0.125 e. The fourth-order valence-corrected chi connectivity index (χ4v) is 4.08. The molecule has 21 heavy (non-hydrogen) atoms. The Morgan fingerprint density at radius 3 is 2.90 bits per heavy atom. The number of hydrogen-bond donors (Lipinski definition) is 1. The van der Waals surface area contributed by atoms with Crippen molar-refractivity contribution < 1.29 is 9.13 Å². The van der Waals surface area contributed by atoms with Gasteiger partial charge in [-0.15, -0.1) is 0 Å². The molecule has 0 saturated heterocycles. The van der Waals surface area contributed by atoms with Crippen LogP contribution in [-0.2, 0) is 12.8 Å². The number of hydrogen-bond acceptors (Lipinski definition) is 2. The molecule has 1 aliphatic heterocycles. The van der Waals surface area contributed by atoms with E-state index in [1.165, 1.54) is 17.7 Å². The van der Waals surface area contributed by atoms with Gasteiger partial charge in [0.2, 0.25) is 0 Å². The molecule has 0 radical (unpaired) electrons. The summed E-state index contributed by atoms with van der Waals surface area (Å²) < 4.78 is 20.8. The van der Waals surface area contributed by atoms with E-state index in [0.717, 1.165) is 37.9 Å². The van der Waals surface area contributed by atoms with E-state index in [0.29, 0.717) is 6.42 Å². The van der Waals surface area contributed by atoms with Crippen LogP contribution < -0.4 is 10.5 Å². The summed E-state index contributed by atoms with van der Waals surface area (Å²) in [6, 6.07) is 8.71. The molecule has 2 nitrogen and oxygen atoms in total. The Kier molecular flexibility index (Phi) is 4.51. The number of halogens is 3. The molecule has 0 bridgehead atoms. The Bertz CT molecular complexity index is 692. The second-order valence-electron chi connectivity index (χ2n) is 5.13. The first-order valence-electron chi connectivity index (χ1n) is 6.69. The van der Waals surface area contributed by atoms with Crippen LogP contribution in [0.15, 0.2) is 34.8 Å². The van der Waals surface area contributed by atoms with Gasteiger partial charge in [-0.25, -0.2) is 4.39 Å². The van der Waals surface area contributed by atoms with Crippen LogP contribution in [0, 0.1) is 9.39 Å². The number of ether oxygens (including phenoxy) is 1. The standard InChI is InChI=1S/C16H14BrFINO/c17-11-5-9-3-4-21-16(9)10(6-11)7-15(20)13-2-1-12(18)8-14(13)19/h1-2,5-6,8,15H,3-4,7,20H2. The van der Waals surface area contributed by atoms with Crippen LogP contribution >= 0.6 is 38.5 Å². The number of fused-ring (bicyclic) bond motifs is 1. The zero-order valence-corrected chi connectivity index (χ0v) is 14.9. The number of nitrogens with two attached hydrogens (primary N) is 1. The van der Waals surface area contributed by atoms with Crippen molar-refractivity contribution in [1.82, 2.24) is 0 Å². The summed E-state index contributed by atoms with van der Waals surface area (Å²) >= 11 is 5.67. The minimum atomic E-state index is -0.234. The molecule has 2 aromatic carbocycles. The summed E-state index contributed by atoms with van der Waals surface area (Å²) in [6.07, 6.45) is 1.61. The summed E-state index contributed by atoms with van der Waals surface area (Å²) in [6.45, 7) is 0.724. The monoisotopic (exact) mass is 461 g/mol. The van der Waals surface area contributed by atoms with Gasteiger partial charge in [0.1, 0.15) is 11.6 Å². The predicted molar refractivity (Wildman–Crippen MR) is 93.1 cm³/mol. The van der Waals surface area contributed by atoms with Crippen molar-refractivity contribution in [2.45, 2.75) is 18.9 Å². The molecule has 3 rings (SSSR count). The Morgan fingerprint density at radius 2 is 2.14 bits per heavy atom. The zero-order valence-electron chi connectivity index (χ0n) is 11.2. The molecule has 0 saturated carbocycles. The quantitative estimate of drug-likeness (QED) is 0.689. The molecule has 110 valence electrons. The molecule has 0 fully saturated rings. The lowest BCUT2D eigenvalue weighted by molar-refractivity contribution is 0.352. The van der Waals surface area contributed by atoms with Gasteiger partial charge >= 0.3 is 0 Å². The molecule has 0 aromatic heterocycles. The van der Waals surface area contributed by atoms with Gasteiger partial charge in [0.05, 0.1) is 6.61 Å². The molecule has 1 unspecified atom stereocenters. The SMILES string of the molecule is NC(Cc1cc(Br)cc2c1OCC2)c1ccc(F)cc1I. The van der Waals surface area contributed by atoms with Crippen LogP contribution in [0.25, 0.3) is 0 Å². The van der Waals surface area contributed by atoms with Crippen molar-refractivity contribution in [2.75, 3.05) is 6.61 Å². The lowest BCUT2D eigenvalue weighted by Gasteiger charge is -2.16. The smallest absolute Gasteiger partial charge is 0.125 e. The second kappa shape index (κ2) is 6.22. The number of rotatable bonds is 3. The first kappa shape index (κ1) is 15.2. The van der Waals surface area contributed by atoms with Gasteiger partial charge < -0.3 is 10.5 Å². The van der Waals surface area contributed by atoms with Gasteiger partial charge in [0.15, 0.2) is 0 Å². The van der Waals surface area contributed by atoms with E-state index in [4.69, 9.17) is 10.5 Å². The highest BCUT2D eigenvalue weighted by atomic mass is 127. The average Bonchev–Trinajstić information content (AvgIpc) is 2.86. The Hall–Kier alpha value is -0.660. The summed E-state index contributed by atoms with van der Waals surface area (Å²) in [5.74, 6) is 0.729. The largest absolute Gasteiger partial charge is 0.493 e. The van der Waals surface area contributed by atoms with E-state index in [1.807, 2.05) is 0 Å². The van der Waals surface area contributed by atoms with E-state index in [9.17, 15) is 4.39 Å². The van der Waals surface area contributed by atoms with Gasteiger partial charge in [-0.2, -0.15) is 0 Å². The van der Waals surface area contributed by atoms with Crippen molar-refractivity contribution in [2.24, 2.45) is 5.73 Å². The van der Waals surface area contributed by atoms with Crippen LogP contribution in [-0.4, -0.2) is 6.61 Å².